The molecule has 19 heavy (non-hydrogen) atoms. The molecule has 4 rings (SSSR count). The van der Waals surface area contributed by atoms with Crippen molar-refractivity contribution in [2.75, 3.05) is 0 Å². The van der Waals surface area contributed by atoms with Crippen LogP contribution in [0.15, 0.2) is 54.6 Å². The molecule has 0 radical (unpaired) electrons. The summed E-state index contributed by atoms with van der Waals surface area (Å²) < 4.78 is 5.38. The van der Waals surface area contributed by atoms with Gasteiger partial charge in [-0.25, -0.2) is 0 Å². The number of rotatable bonds is 1. The van der Waals surface area contributed by atoms with E-state index in [9.17, 15) is 0 Å². The topological polar surface area (TPSA) is 9.23 Å². The van der Waals surface area contributed by atoms with Crippen LogP contribution in [-0.4, -0.2) is 4.33 Å². The molecule has 0 unspecified atom stereocenters. The standard InChI is InChI=1S/C16H12Cl2O/c17-16(18)14-10-11-6-4-5-9-13(11)19-15(14,16)12-7-2-1-3-8-12/h1-9,14H,10H2/t14-,15-/m1/s1. The quantitative estimate of drug-likeness (QED) is 0.711. The number of hydrogen-bond acceptors (Lipinski definition) is 1. The average Bonchev–Trinajstić information content (AvgIpc) is 2.94. The van der Waals surface area contributed by atoms with Gasteiger partial charge in [0, 0.05) is 5.92 Å². The Morgan fingerprint density at radius 2 is 1.63 bits per heavy atom. The van der Waals surface area contributed by atoms with Crippen molar-refractivity contribution in [3.05, 3.63) is 65.7 Å². The van der Waals surface area contributed by atoms with Gasteiger partial charge in [0.15, 0.2) is 9.93 Å². The second-order valence-electron chi connectivity index (χ2n) is 5.19. The van der Waals surface area contributed by atoms with Gasteiger partial charge in [-0.2, -0.15) is 0 Å². The Hall–Kier alpha value is -1.18. The molecule has 1 saturated carbocycles. The van der Waals surface area contributed by atoms with Crippen molar-refractivity contribution in [1.82, 2.24) is 0 Å². The van der Waals surface area contributed by atoms with Crippen molar-refractivity contribution >= 4 is 23.2 Å². The highest BCUT2D eigenvalue weighted by molar-refractivity contribution is 6.52. The van der Waals surface area contributed by atoms with E-state index in [1.165, 1.54) is 5.56 Å². The van der Waals surface area contributed by atoms with Crippen molar-refractivity contribution < 1.29 is 4.74 Å². The first-order valence-electron chi connectivity index (χ1n) is 6.36. The van der Waals surface area contributed by atoms with Crippen molar-refractivity contribution in [1.29, 1.82) is 0 Å². The summed E-state index contributed by atoms with van der Waals surface area (Å²) in [5.41, 5.74) is 1.65. The summed E-state index contributed by atoms with van der Waals surface area (Å²) in [5, 5.41) is 0. The lowest BCUT2D eigenvalue weighted by atomic mass is 9.97. The van der Waals surface area contributed by atoms with Gasteiger partial charge in [0.1, 0.15) is 5.75 Å². The summed E-state index contributed by atoms with van der Waals surface area (Å²) in [5.74, 6) is 1.01. The van der Waals surface area contributed by atoms with Gasteiger partial charge in [-0.3, -0.25) is 0 Å². The first kappa shape index (κ1) is 11.6. The molecule has 0 bridgehead atoms. The van der Waals surface area contributed by atoms with E-state index in [1.807, 2.05) is 48.5 Å². The molecule has 96 valence electrons. The molecule has 1 aliphatic heterocycles. The fourth-order valence-corrected chi connectivity index (χ4v) is 4.07. The number of alkyl halides is 2. The van der Waals surface area contributed by atoms with E-state index < -0.39 is 9.93 Å². The molecule has 0 amide bonds. The van der Waals surface area contributed by atoms with Gasteiger partial charge in [-0.1, -0.05) is 71.7 Å². The van der Waals surface area contributed by atoms with E-state index in [4.69, 9.17) is 27.9 Å². The zero-order valence-electron chi connectivity index (χ0n) is 10.1. The third-order valence-electron chi connectivity index (χ3n) is 4.21. The summed E-state index contributed by atoms with van der Waals surface area (Å²) in [6.45, 7) is 0. The monoisotopic (exact) mass is 290 g/mol. The SMILES string of the molecule is ClC1(Cl)[C@@H]2Cc3ccccc3O[C@]21c1ccccc1. The first-order valence-corrected chi connectivity index (χ1v) is 7.12. The maximum atomic E-state index is 6.54. The number of benzene rings is 2. The van der Waals surface area contributed by atoms with E-state index in [1.54, 1.807) is 0 Å². The molecular weight excluding hydrogens is 279 g/mol. The molecule has 0 spiro atoms. The smallest absolute Gasteiger partial charge is 0.173 e. The van der Waals surface area contributed by atoms with Crippen LogP contribution in [0, 0.1) is 5.92 Å². The summed E-state index contributed by atoms with van der Waals surface area (Å²) in [4.78, 5) is 0. The van der Waals surface area contributed by atoms with Crippen LogP contribution in [0.25, 0.3) is 0 Å². The molecule has 1 nitrogen and oxygen atoms in total. The second kappa shape index (κ2) is 3.68. The molecule has 1 fully saturated rings. The lowest BCUT2D eigenvalue weighted by molar-refractivity contribution is 0.144. The predicted octanol–water partition coefficient (Wildman–Crippen LogP) is 4.32. The van der Waals surface area contributed by atoms with E-state index in [-0.39, 0.29) is 5.92 Å². The van der Waals surface area contributed by atoms with Crippen LogP contribution < -0.4 is 4.74 Å². The summed E-state index contributed by atoms with van der Waals surface area (Å²) >= 11 is 13.1. The molecule has 1 heterocycles. The molecule has 2 aromatic rings. The van der Waals surface area contributed by atoms with Gasteiger partial charge in [0.2, 0.25) is 0 Å². The molecule has 2 atom stereocenters. The third-order valence-corrected chi connectivity index (χ3v) is 5.30. The van der Waals surface area contributed by atoms with Crippen LogP contribution in [0.1, 0.15) is 11.1 Å². The molecular formula is C16H12Cl2O. The molecule has 2 aromatic carbocycles. The van der Waals surface area contributed by atoms with E-state index >= 15 is 0 Å². The van der Waals surface area contributed by atoms with Gasteiger partial charge in [-0.15, -0.1) is 0 Å². The first-order chi connectivity index (χ1) is 9.16. The Morgan fingerprint density at radius 1 is 0.947 bits per heavy atom. The number of hydrogen-bond donors (Lipinski definition) is 0. The second-order valence-corrected chi connectivity index (χ2v) is 6.58. The highest BCUT2D eigenvalue weighted by atomic mass is 35.5. The van der Waals surface area contributed by atoms with E-state index in [2.05, 4.69) is 6.07 Å². The summed E-state index contributed by atoms with van der Waals surface area (Å²) in [6.07, 6.45) is 0.859. The van der Waals surface area contributed by atoms with Crippen LogP contribution >= 0.6 is 23.2 Å². The van der Waals surface area contributed by atoms with Crippen LogP contribution in [0.2, 0.25) is 0 Å². The number of fused-ring (bicyclic) bond motifs is 2. The zero-order chi connectivity index (χ0) is 13.1. The number of para-hydroxylation sites is 1. The summed E-state index contributed by atoms with van der Waals surface area (Å²) in [6, 6.07) is 18.1. The van der Waals surface area contributed by atoms with Crippen LogP contribution in [0.3, 0.4) is 0 Å². The predicted molar refractivity (Wildman–Crippen MR) is 76.8 cm³/mol. The lowest BCUT2D eigenvalue weighted by Crippen LogP contribution is -2.26. The van der Waals surface area contributed by atoms with Gasteiger partial charge in [0.25, 0.3) is 0 Å². The molecule has 0 N–H and O–H groups in total. The van der Waals surface area contributed by atoms with Gasteiger partial charge in [-0.05, 0) is 23.6 Å². The Labute approximate surface area is 122 Å². The molecule has 0 aromatic heterocycles. The Balaban J connectivity index is 1.85. The Bertz CT molecular complexity index is 638. The minimum absolute atomic E-state index is 0.112. The fraction of sp³-hybridized carbons (Fsp3) is 0.250. The summed E-state index contributed by atoms with van der Waals surface area (Å²) in [7, 11) is 0. The largest absolute Gasteiger partial charge is 0.479 e. The molecule has 0 saturated heterocycles. The highest BCUT2D eigenvalue weighted by Crippen LogP contribution is 2.72. The molecule has 1 aliphatic carbocycles. The van der Waals surface area contributed by atoms with Gasteiger partial charge >= 0.3 is 0 Å². The molecule has 2 aliphatic rings. The Kier molecular flexibility index (Phi) is 2.25. The van der Waals surface area contributed by atoms with E-state index in [0.717, 1.165) is 17.7 Å². The van der Waals surface area contributed by atoms with Crippen molar-refractivity contribution in [3.63, 3.8) is 0 Å². The lowest BCUT2D eigenvalue weighted by Gasteiger charge is -2.26. The third kappa shape index (κ3) is 1.38. The van der Waals surface area contributed by atoms with Crippen molar-refractivity contribution in [2.45, 2.75) is 16.4 Å². The normalized spacial score (nSPS) is 29.9. The number of halogens is 2. The van der Waals surface area contributed by atoms with Crippen molar-refractivity contribution in [3.8, 4) is 5.75 Å². The van der Waals surface area contributed by atoms with Gasteiger partial charge < -0.3 is 4.74 Å². The fourth-order valence-electron chi connectivity index (χ4n) is 3.16. The van der Waals surface area contributed by atoms with Crippen LogP contribution in [0.5, 0.6) is 5.75 Å². The highest BCUT2D eigenvalue weighted by Gasteiger charge is 2.80. The van der Waals surface area contributed by atoms with Crippen LogP contribution in [0.4, 0.5) is 0 Å². The maximum absolute atomic E-state index is 6.54. The minimum Gasteiger partial charge on any atom is -0.479 e. The van der Waals surface area contributed by atoms with Gasteiger partial charge in [0.05, 0.1) is 0 Å². The molecule has 3 heteroatoms. The Morgan fingerprint density at radius 3 is 2.42 bits per heavy atom. The average molecular weight is 291 g/mol. The van der Waals surface area contributed by atoms with Crippen molar-refractivity contribution in [2.24, 2.45) is 5.92 Å². The zero-order valence-corrected chi connectivity index (χ0v) is 11.7. The van der Waals surface area contributed by atoms with E-state index in [0.29, 0.717) is 0 Å². The number of ether oxygens (including phenoxy) is 1. The minimum atomic E-state index is -0.854. The van der Waals surface area contributed by atoms with Crippen LogP contribution in [-0.2, 0) is 12.0 Å². The maximum Gasteiger partial charge on any atom is 0.173 e.